The summed E-state index contributed by atoms with van der Waals surface area (Å²) in [6, 6.07) is 75.6. The molecular weight excluding hydrogens is 933 g/mol. The molecule has 0 fully saturated rings. The fourth-order valence-electron chi connectivity index (χ4n) is 9.61. The highest BCUT2D eigenvalue weighted by atomic mass is 16.4. The largest absolute Gasteiger partial charge is 0.416 e. The van der Waals surface area contributed by atoms with Crippen LogP contribution in [0.4, 0.5) is 0 Å². The fourth-order valence-corrected chi connectivity index (χ4v) is 9.61. The Bertz CT molecular complexity index is 3720. The molecule has 0 saturated carbocycles. The monoisotopic (exact) mass is 986 g/mol. The van der Waals surface area contributed by atoms with Crippen molar-refractivity contribution in [1.29, 1.82) is 0 Å². The Labute approximate surface area is 442 Å². The summed E-state index contributed by atoms with van der Waals surface area (Å²) < 4.78 is 12.1. The number of hydrogen-bond donors (Lipinski definition) is 0. The first-order valence-electron chi connectivity index (χ1n) is 25.7. The highest BCUT2D eigenvalue weighted by Gasteiger charge is 2.21. The molecule has 8 heteroatoms. The molecule has 0 aliphatic rings. The van der Waals surface area contributed by atoms with Crippen LogP contribution in [0.2, 0.25) is 0 Å². The minimum absolute atomic E-state index is 0.0260. The topological polar surface area (TPSA) is 104 Å². The van der Waals surface area contributed by atoms with Crippen LogP contribution in [-0.4, -0.2) is 30.4 Å². The lowest BCUT2D eigenvalue weighted by Gasteiger charge is -2.21. The molecule has 8 nitrogen and oxygen atoms in total. The van der Waals surface area contributed by atoms with E-state index in [1.807, 2.05) is 84.9 Å². The van der Waals surface area contributed by atoms with Gasteiger partial charge in [0.15, 0.2) is 0 Å². The van der Waals surface area contributed by atoms with Gasteiger partial charge in [0.25, 0.3) is 0 Å². The number of aromatic nitrogens is 6. The second kappa shape index (κ2) is 19.5. The number of rotatable bonds is 10. The third-order valence-electron chi connectivity index (χ3n) is 14.1. The summed E-state index contributed by atoms with van der Waals surface area (Å²) in [5.41, 5.74) is 19.9. The van der Waals surface area contributed by atoms with Crippen LogP contribution in [0, 0.1) is 0 Å². The Kier molecular flexibility index (Phi) is 12.2. The van der Waals surface area contributed by atoms with Crippen molar-refractivity contribution in [3.63, 3.8) is 0 Å². The minimum atomic E-state index is 0.0260. The van der Waals surface area contributed by atoms with E-state index in [4.69, 9.17) is 18.8 Å². The molecule has 0 amide bonds. The van der Waals surface area contributed by atoms with Gasteiger partial charge in [-0.05, 0) is 127 Å². The van der Waals surface area contributed by atoms with Crippen molar-refractivity contribution in [1.82, 2.24) is 30.4 Å². The molecule has 76 heavy (non-hydrogen) atoms. The first kappa shape index (κ1) is 47.6. The van der Waals surface area contributed by atoms with Crippen molar-refractivity contribution in [3.8, 4) is 113 Å². The molecule has 0 spiro atoms. The smallest absolute Gasteiger partial charge is 0.248 e. The lowest BCUT2D eigenvalue weighted by atomic mass is 9.84. The molecule has 0 N–H and O–H groups in total. The molecule has 9 aromatic carbocycles. The van der Waals surface area contributed by atoms with Crippen molar-refractivity contribution >= 4 is 11.0 Å². The molecule has 3 heterocycles. The molecule has 0 saturated heterocycles. The maximum Gasteiger partial charge on any atom is 0.248 e. The molecule has 0 radical (unpaired) electrons. The summed E-state index contributed by atoms with van der Waals surface area (Å²) in [4.78, 5) is 11.1. The molecule has 0 aliphatic carbocycles. The van der Waals surface area contributed by atoms with Crippen LogP contribution in [0.3, 0.4) is 0 Å². The zero-order chi connectivity index (χ0) is 52.0. The first-order valence-corrected chi connectivity index (χ1v) is 25.7. The highest BCUT2D eigenvalue weighted by molar-refractivity contribution is 5.96. The number of nitrogens with zero attached hydrogens (tertiary/aromatic N) is 6. The van der Waals surface area contributed by atoms with Crippen LogP contribution >= 0.6 is 0 Å². The minimum Gasteiger partial charge on any atom is -0.416 e. The van der Waals surface area contributed by atoms with Gasteiger partial charge in [0.2, 0.25) is 23.6 Å². The van der Waals surface area contributed by atoms with E-state index in [1.165, 1.54) is 11.1 Å². The van der Waals surface area contributed by atoms with Gasteiger partial charge in [-0.1, -0.05) is 199 Å². The predicted molar refractivity (Wildman–Crippen MR) is 307 cm³/mol. The SMILES string of the molecule is CC(C)(C)c1ccc(-c2cc3nc(-c4ccc(-c5ccc(-c6nnc(-c7ccccc7)o6)cc5)cc4)c(-c4ccc(-c5ccc(-c6nnc(-c7ccccc7)o6)cc5)cc4)nc3cc2-c2ccc(C(C)(C)C)cc2)cc1. The van der Waals surface area contributed by atoms with Gasteiger partial charge in [-0.2, -0.15) is 0 Å². The van der Waals surface area contributed by atoms with Crippen LogP contribution in [0.15, 0.2) is 227 Å². The molecule has 368 valence electrons. The van der Waals surface area contributed by atoms with E-state index in [9.17, 15) is 0 Å². The molecule has 3 aromatic heterocycles. The average Bonchev–Trinajstić information content (AvgIpc) is 4.18. The standard InChI is InChI=1S/C68H54N6O2/c1-67(2,3)55-37-33-47(34-38-55)57-41-59-60(42-58(57)48-35-39-56(40-36-48)68(4,5)6)70-62(50-27-19-44(20-28-50)46-23-31-54(32-24-46)66-74-72-64(76-66)52-15-11-8-12-16-52)61(69-59)49-25-17-43(18-26-49)45-21-29-53(30-22-45)65-73-71-63(75-65)51-13-9-7-10-14-51/h7-42H,1-6H3. The maximum atomic E-state index is 6.06. The van der Waals surface area contributed by atoms with Gasteiger partial charge in [-0.25, -0.2) is 9.97 Å². The molecule has 12 aromatic rings. The molecule has 0 unspecified atom stereocenters. The molecule has 0 atom stereocenters. The zero-order valence-corrected chi connectivity index (χ0v) is 43.3. The summed E-state index contributed by atoms with van der Waals surface area (Å²) in [6.07, 6.45) is 0. The van der Waals surface area contributed by atoms with Gasteiger partial charge in [0.1, 0.15) is 0 Å². The molecule has 12 rings (SSSR count). The van der Waals surface area contributed by atoms with E-state index in [0.29, 0.717) is 23.6 Å². The quantitative estimate of drug-likeness (QED) is 0.133. The van der Waals surface area contributed by atoms with Gasteiger partial charge in [-0.15, -0.1) is 20.4 Å². The zero-order valence-electron chi connectivity index (χ0n) is 43.3. The van der Waals surface area contributed by atoms with E-state index < -0.39 is 0 Å². The average molecular weight is 987 g/mol. The summed E-state index contributed by atoms with van der Waals surface area (Å²) in [6.45, 7) is 13.5. The normalized spacial score (nSPS) is 11.8. The number of fused-ring (bicyclic) bond motifs is 1. The van der Waals surface area contributed by atoms with E-state index in [1.54, 1.807) is 0 Å². The van der Waals surface area contributed by atoms with Crippen molar-refractivity contribution in [3.05, 3.63) is 230 Å². The van der Waals surface area contributed by atoms with Crippen LogP contribution in [0.25, 0.3) is 124 Å². The Balaban J connectivity index is 0.924. The van der Waals surface area contributed by atoms with Crippen molar-refractivity contribution in [2.45, 2.75) is 52.4 Å². The van der Waals surface area contributed by atoms with E-state index in [0.717, 1.165) is 100 Å². The van der Waals surface area contributed by atoms with E-state index in [2.05, 4.69) is 195 Å². The fraction of sp³-hybridized carbons (Fsp3) is 0.118. The summed E-state index contributed by atoms with van der Waals surface area (Å²) in [5.74, 6) is 1.93. The molecule has 0 aliphatic heterocycles. The van der Waals surface area contributed by atoms with Gasteiger partial charge in [0.05, 0.1) is 22.4 Å². The van der Waals surface area contributed by atoms with Gasteiger partial charge in [0, 0.05) is 33.4 Å². The van der Waals surface area contributed by atoms with Crippen LogP contribution in [0.5, 0.6) is 0 Å². The number of benzene rings is 9. The second-order valence-electron chi connectivity index (χ2n) is 21.3. The van der Waals surface area contributed by atoms with Crippen molar-refractivity contribution in [2.24, 2.45) is 0 Å². The summed E-state index contributed by atoms with van der Waals surface area (Å²) in [7, 11) is 0. The summed E-state index contributed by atoms with van der Waals surface area (Å²) in [5, 5.41) is 17.3. The first-order chi connectivity index (χ1) is 36.9. The van der Waals surface area contributed by atoms with Crippen molar-refractivity contribution in [2.75, 3.05) is 0 Å². The van der Waals surface area contributed by atoms with Gasteiger partial charge in [-0.3, -0.25) is 0 Å². The highest BCUT2D eigenvalue weighted by Crippen LogP contribution is 2.41. The molecule has 0 bridgehead atoms. The number of hydrogen-bond acceptors (Lipinski definition) is 8. The lowest BCUT2D eigenvalue weighted by Crippen LogP contribution is -2.10. The van der Waals surface area contributed by atoms with E-state index in [-0.39, 0.29) is 10.8 Å². The maximum absolute atomic E-state index is 6.06. The van der Waals surface area contributed by atoms with Crippen LogP contribution < -0.4 is 0 Å². The Morgan fingerprint density at radius 3 is 0.803 bits per heavy atom. The van der Waals surface area contributed by atoms with Crippen molar-refractivity contribution < 1.29 is 8.83 Å². The van der Waals surface area contributed by atoms with Gasteiger partial charge < -0.3 is 8.83 Å². The Morgan fingerprint density at radius 1 is 0.263 bits per heavy atom. The Morgan fingerprint density at radius 2 is 0.513 bits per heavy atom. The molecular formula is C68H54N6O2. The second-order valence-corrected chi connectivity index (χ2v) is 21.3. The summed E-state index contributed by atoms with van der Waals surface area (Å²) >= 11 is 0. The predicted octanol–water partition coefficient (Wildman–Crippen LogP) is 17.7. The van der Waals surface area contributed by atoms with Crippen LogP contribution in [0.1, 0.15) is 52.7 Å². The Hall–Kier alpha value is -9.40. The third-order valence-corrected chi connectivity index (χ3v) is 14.1. The lowest BCUT2D eigenvalue weighted by molar-refractivity contribution is 0.584. The van der Waals surface area contributed by atoms with Crippen LogP contribution in [-0.2, 0) is 10.8 Å². The van der Waals surface area contributed by atoms with E-state index >= 15 is 0 Å². The van der Waals surface area contributed by atoms with Gasteiger partial charge >= 0.3 is 0 Å². The third kappa shape index (κ3) is 9.64.